The molecule has 3 aromatic rings. The van der Waals surface area contributed by atoms with Crippen LogP contribution in [0.15, 0.2) is 24.5 Å². The van der Waals surface area contributed by atoms with E-state index in [1.54, 1.807) is 29.2 Å². The molecule has 7 heteroatoms. The van der Waals surface area contributed by atoms with Gasteiger partial charge in [-0.3, -0.25) is 0 Å². The monoisotopic (exact) mass is 288 g/mol. The number of carboxylic acids is 1. The standard InChI is InChI=1S/C13H12N4O2S/c1-7(2)10-8-6-9(12(18)19)20-11(8)17(16-10)13-14-4-3-5-15-13/h3-7H,1-2H3,(H,18,19). The molecule has 6 nitrogen and oxygen atoms in total. The van der Waals surface area contributed by atoms with Gasteiger partial charge in [-0.15, -0.1) is 11.3 Å². The molecule has 0 atom stereocenters. The van der Waals surface area contributed by atoms with Gasteiger partial charge in [0, 0.05) is 17.8 Å². The number of carbonyl (C=O) groups is 1. The Kier molecular flexibility index (Phi) is 2.98. The number of aromatic nitrogens is 4. The maximum absolute atomic E-state index is 11.1. The van der Waals surface area contributed by atoms with Crippen molar-refractivity contribution in [1.29, 1.82) is 0 Å². The quantitative estimate of drug-likeness (QED) is 0.801. The predicted octanol–water partition coefficient (Wildman–Crippen LogP) is 2.70. The summed E-state index contributed by atoms with van der Waals surface area (Å²) in [7, 11) is 0. The molecular weight excluding hydrogens is 276 g/mol. The molecule has 0 aliphatic rings. The molecule has 102 valence electrons. The van der Waals surface area contributed by atoms with Crippen molar-refractivity contribution in [3.05, 3.63) is 35.1 Å². The number of hydrogen-bond acceptors (Lipinski definition) is 5. The normalized spacial score (nSPS) is 11.3. The van der Waals surface area contributed by atoms with E-state index in [1.807, 2.05) is 13.8 Å². The Morgan fingerprint density at radius 2 is 2.05 bits per heavy atom. The summed E-state index contributed by atoms with van der Waals surface area (Å²) in [5.41, 5.74) is 0.858. The number of hydrogen-bond donors (Lipinski definition) is 1. The highest BCUT2D eigenvalue weighted by Gasteiger charge is 2.20. The zero-order valence-electron chi connectivity index (χ0n) is 10.9. The summed E-state index contributed by atoms with van der Waals surface area (Å²) < 4.78 is 1.61. The zero-order valence-corrected chi connectivity index (χ0v) is 11.8. The minimum absolute atomic E-state index is 0.193. The van der Waals surface area contributed by atoms with Gasteiger partial charge in [-0.2, -0.15) is 9.78 Å². The Labute approximate surface area is 118 Å². The zero-order chi connectivity index (χ0) is 14.3. The van der Waals surface area contributed by atoms with Crippen molar-refractivity contribution < 1.29 is 9.90 Å². The molecule has 3 heterocycles. The Bertz CT molecular complexity index is 776. The van der Waals surface area contributed by atoms with Crippen LogP contribution in [-0.4, -0.2) is 30.8 Å². The molecule has 0 amide bonds. The number of nitrogens with zero attached hydrogens (tertiary/aromatic N) is 4. The SMILES string of the molecule is CC(C)c1nn(-c2ncccn2)c2sc(C(=O)O)cc12. The third kappa shape index (κ3) is 1.96. The molecule has 0 aliphatic carbocycles. The van der Waals surface area contributed by atoms with Gasteiger partial charge >= 0.3 is 5.97 Å². The highest BCUT2D eigenvalue weighted by atomic mass is 32.1. The van der Waals surface area contributed by atoms with Gasteiger partial charge < -0.3 is 5.11 Å². The van der Waals surface area contributed by atoms with E-state index in [4.69, 9.17) is 5.11 Å². The lowest BCUT2D eigenvalue weighted by Crippen LogP contribution is -2.02. The Hall–Kier alpha value is -2.28. The summed E-state index contributed by atoms with van der Waals surface area (Å²) in [4.78, 5) is 20.6. The van der Waals surface area contributed by atoms with Crippen LogP contribution in [0.3, 0.4) is 0 Å². The molecule has 0 aliphatic heterocycles. The molecule has 3 aromatic heterocycles. The number of carboxylic acid groups (broad SMARTS) is 1. The number of rotatable bonds is 3. The first-order valence-corrected chi connectivity index (χ1v) is 6.92. The van der Waals surface area contributed by atoms with Gasteiger partial charge in [-0.1, -0.05) is 13.8 Å². The molecule has 20 heavy (non-hydrogen) atoms. The van der Waals surface area contributed by atoms with Crippen LogP contribution in [0, 0.1) is 0 Å². The molecule has 0 bridgehead atoms. The van der Waals surface area contributed by atoms with Crippen molar-refractivity contribution >= 4 is 27.5 Å². The van der Waals surface area contributed by atoms with E-state index in [0.29, 0.717) is 10.8 Å². The van der Waals surface area contributed by atoms with Crippen LogP contribution >= 0.6 is 11.3 Å². The second-order valence-electron chi connectivity index (χ2n) is 4.64. The van der Waals surface area contributed by atoms with Crippen molar-refractivity contribution in [3.63, 3.8) is 0 Å². The van der Waals surface area contributed by atoms with Gasteiger partial charge in [-0.25, -0.2) is 14.8 Å². The van der Waals surface area contributed by atoms with Crippen molar-refractivity contribution in [2.75, 3.05) is 0 Å². The van der Waals surface area contributed by atoms with Crippen LogP contribution in [0.4, 0.5) is 0 Å². The highest BCUT2D eigenvalue weighted by molar-refractivity contribution is 7.20. The lowest BCUT2D eigenvalue weighted by atomic mass is 10.1. The highest BCUT2D eigenvalue weighted by Crippen LogP contribution is 2.32. The van der Waals surface area contributed by atoms with Gasteiger partial charge in [0.15, 0.2) is 0 Å². The van der Waals surface area contributed by atoms with Crippen molar-refractivity contribution in [2.45, 2.75) is 19.8 Å². The van der Waals surface area contributed by atoms with E-state index < -0.39 is 5.97 Å². The lowest BCUT2D eigenvalue weighted by Gasteiger charge is -2.00. The second-order valence-corrected chi connectivity index (χ2v) is 5.67. The van der Waals surface area contributed by atoms with E-state index in [9.17, 15) is 4.79 Å². The maximum atomic E-state index is 11.1. The van der Waals surface area contributed by atoms with Crippen LogP contribution in [0.25, 0.3) is 16.2 Å². The van der Waals surface area contributed by atoms with Crippen LogP contribution in [0.5, 0.6) is 0 Å². The minimum Gasteiger partial charge on any atom is -0.477 e. The molecule has 0 aromatic carbocycles. The summed E-state index contributed by atoms with van der Waals surface area (Å²) in [6, 6.07) is 3.40. The van der Waals surface area contributed by atoms with Gasteiger partial charge in [0.1, 0.15) is 9.71 Å². The predicted molar refractivity (Wildman–Crippen MR) is 75.6 cm³/mol. The first-order chi connectivity index (χ1) is 9.58. The first-order valence-electron chi connectivity index (χ1n) is 6.11. The fourth-order valence-electron chi connectivity index (χ4n) is 2.00. The summed E-state index contributed by atoms with van der Waals surface area (Å²) in [5.74, 6) is -0.289. The Balaban J connectivity index is 2.29. The Morgan fingerprint density at radius 1 is 1.35 bits per heavy atom. The van der Waals surface area contributed by atoms with Gasteiger partial charge in [0.25, 0.3) is 5.95 Å². The first kappa shape index (κ1) is 12.7. The van der Waals surface area contributed by atoms with E-state index >= 15 is 0 Å². The lowest BCUT2D eigenvalue weighted by molar-refractivity contribution is 0.0702. The topological polar surface area (TPSA) is 80.9 Å². The fraction of sp³-hybridized carbons (Fsp3) is 0.231. The summed E-state index contributed by atoms with van der Waals surface area (Å²) in [6.45, 7) is 4.05. The van der Waals surface area contributed by atoms with Crippen LogP contribution in [0.1, 0.15) is 35.1 Å². The van der Waals surface area contributed by atoms with E-state index in [1.165, 1.54) is 11.3 Å². The van der Waals surface area contributed by atoms with Crippen molar-refractivity contribution in [3.8, 4) is 5.95 Å². The third-order valence-electron chi connectivity index (χ3n) is 2.89. The fourth-order valence-corrected chi connectivity index (χ4v) is 2.95. The Morgan fingerprint density at radius 3 is 2.65 bits per heavy atom. The van der Waals surface area contributed by atoms with Crippen LogP contribution in [0.2, 0.25) is 0 Å². The molecule has 0 saturated heterocycles. The molecule has 0 saturated carbocycles. The van der Waals surface area contributed by atoms with E-state index in [-0.39, 0.29) is 5.92 Å². The summed E-state index contributed by atoms with van der Waals surface area (Å²) >= 11 is 1.19. The second kappa shape index (κ2) is 4.68. The molecule has 0 fully saturated rings. The van der Waals surface area contributed by atoms with E-state index in [0.717, 1.165) is 15.9 Å². The van der Waals surface area contributed by atoms with Crippen molar-refractivity contribution in [2.24, 2.45) is 0 Å². The molecule has 3 rings (SSSR count). The van der Waals surface area contributed by atoms with Gasteiger partial charge in [0.2, 0.25) is 0 Å². The van der Waals surface area contributed by atoms with Crippen LogP contribution in [-0.2, 0) is 0 Å². The molecule has 0 spiro atoms. The average Bonchev–Trinajstić information content (AvgIpc) is 2.97. The van der Waals surface area contributed by atoms with Crippen LogP contribution < -0.4 is 0 Å². The largest absolute Gasteiger partial charge is 0.477 e. The molecule has 0 radical (unpaired) electrons. The van der Waals surface area contributed by atoms with Gasteiger partial charge in [0.05, 0.1) is 5.69 Å². The smallest absolute Gasteiger partial charge is 0.345 e. The number of fused-ring (bicyclic) bond motifs is 1. The molecule has 0 unspecified atom stereocenters. The van der Waals surface area contributed by atoms with Crippen molar-refractivity contribution in [1.82, 2.24) is 19.7 Å². The summed E-state index contributed by atoms with van der Waals surface area (Å²) in [5, 5.41) is 14.5. The number of aromatic carboxylic acids is 1. The van der Waals surface area contributed by atoms with Gasteiger partial charge in [-0.05, 0) is 18.1 Å². The minimum atomic E-state index is -0.929. The maximum Gasteiger partial charge on any atom is 0.345 e. The summed E-state index contributed by atoms with van der Waals surface area (Å²) in [6.07, 6.45) is 3.27. The molecule has 1 N–H and O–H groups in total. The number of thiophene rings is 1. The third-order valence-corrected chi connectivity index (χ3v) is 3.99. The van der Waals surface area contributed by atoms with E-state index in [2.05, 4.69) is 15.1 Å². The average molecular weight is 288 g/mol. The molecular formula is C13H12N4O2S.